The maximum absolute atomic E-state index is 6.01. The Morgan fingerprint density at radius 2 is 1.79 bits per heavy atom. The summed E-state index contributed by atoms with van der Waals surface area (Å²) in [6.45, 7) is 6.53. The summed E-state index contributed by atoms with van der Waals surface area (Å²) in [6.07, 6.45) is 1.48. The van der Waals surface area contributed by atoms with Gasteiger partial charge in [-0.1, -0.05) is 44.5 Å². The summed E-state index contributed by atoms with van der Waals surface area (Å²) in [5.74, 6) is 0.705. The molecule has 100 valence electrons. The van der Waals surface area contributed by atoms with Gasteiger partial charge in [-0.2, -0.15) is 4.98 Å². The number of nitrogens with two attached hydrogens (primary N) is 1. The lowest BCUT2D eigenvalue weighted by Gasteiger charge is -2.19. The van der Waals surface area contributed by atoms with E-state index < -0.39 is 0 Å². The number of anilines is 3. The molecule has 0 bridgehead atoms. The summed E-state index contributed by atoms with van der Waals surface area (Å²) >= 11 is 6.01. The first-order valence-electron chi connectivity index (χ1n) is 6.02. The molecular weight excluding hydrogens is 260 g/mol. The Bertz CT molecular complexity index is 573. The first kappa shape index (κ1) is 13.6. The summed E-state index contributed by atoms with van der Waals surface area (Å²) in [7, 11) is 0. The Morgan fingerprint density at radius 3 is 2.37 bits per heavy atom. The minimum Gasteiger partial charge on any atom is -0.368 e. The van der Waals surface area contributed by atoms with Crippen molar-refractivity contribution in [3.8, 4) is 0 Å². The van der Waals surface area contributed by atoms with Gasteiger partial charge in [-0.3, -0.25) is 0 Å². The average Bonchev–Trinajstić information content (AvgIpc) is 2.33. The average molecular weight is 277 g/mol. The van der Waals surface area contributed by atoms with Crippen molar-refractivity contribution < 1.29 is 0 Å². The lowest BCUT2D eigenvalue weighted by molar-refractivity contribution is 0.590. The quantitative estimate of drug-likeness (QED) is 0.877. The lowest BCUT2D eigenvalue weighted by atomic mass is 9.87. The Hall–Kier alpha value is -1.81. The summed E-state index contributed by atoms with van der Waals surface area (Å²) < 4.78 is 0. The van der Waals surface area contributed by atoms with E-state index in [1.807, 2.05) is 12.1 Å². The van der Waals surface area contributed by atoms with Crippen LogP contribution in [0.5, 0.6) is 0 Å². The first-order valence-corrected chi connectivity index (χ1v) is 6.39. The van der Waals surface area contributed by atoms with Gasteiger partial charge in [-0.15, -0.1) is 0 Å². The molecule has 2 aromatic rings. The summed E-state index contributed by atoms with van der Waals surface area (Å²) in [6, 6.07) is 8.16. The minimum atomic E-state index is 0.134. The maximum Gasteiger partial charge on any atom is 0.222 e. The van der Waals surface area contributed by atoms with E-state index >= 15 is 0 Å². The highest BCUT2D eigenvalue weighted by Crippen LogP contribution is 2.26. The molecule has 0 spiro atoms. The highest BCUT2D eigenvalue weighted by molar-refractivity contribution is 6.32. The molecule has 1 aromatic heterocycles. The van der Waals surface area contributed by atoms with Crippen molar-refractivity contribution in [3.63, 3.8) is 0 Å². The van der Waals surface area contributed by atoms with E-state index in [-0.39, 0.29) is 11.4 Å². The monoisotopic (exact) mass is 276 g/mol. The van der Waals surface area contributed by atoms with Crippen molar-refractivity contribution >= 4 is 29.1 Å². The van der Waals surface area contributed by atoms with Gasteiger partial charge in [0.15, 0.2) is 5.82 Å². The second kappa shape index (κ2) is 5.05. The second-order valence-electron chi connectivity index (χ2n) is 5.38. The van der Waals surface area contributed by atoms with Crippen LogP contribution >= 0.6 is 11.6 Å². The fourth-order valence-electron chi connectivity index (χ4n) is 1.66. The third-order valence-corrected chi connectivity index (χ3v) is 3.05. The van der Waals surface area contributed by atoms with E-state index in [2.05, 4.69) is 48.2 Å². The van der Waals surface area contributed by atoms with Crippen LogP contribution in [0.3, 0.4) is 0 Å². The molecule has 19 heavy (non-hydrogen) atoms. The first-order chi connectivity index (χ1) is 8.86. The fraction of sp³-hybridized carbons (Fsp3) is 0.286. The number of benzene rings is 1. The highest BCUT2D eigenvalue weighted by atomic mass is 35.5. The van der Waals surface area contributed by atoms with Crippen LogP contribution in [0.15, 0.2) is 30.5 Å². The summed E-state index contributed by atoms with van der Waals surface area (Å²) in [4.78, 5) is 7.88. The Balaban J connectivity index is 2.22. The molecule has 0 fully saturated rings. The number of hydrogen-bond donors (Lipinski definition) is 2. The van der Waals surface area contributed by atoms with E-state index in [9.17, 15) is 0 Å². The van der Waals surface area contributed by atoms with E-state index in [0.717, 1.165) is 5.69 Å². The molecule has 0 saturated carbocycles. The summed E-state index contributed by atoms with van der Waals surface area (Å²) in [5.41, 5.74) is 7.86. The molecular formula is C14H17ClN4. The van der Waals surface area contributed by atoms with Gasteiger partial charge in [0.2, 0.25) is 5.95 Å². The fourth-order valence-corrected chi connectivity index (χ4v) is 1.80. The van der Waals surface area contributed by atoms with Crippen LogP contribution in [0.2, 0.25) is 5.02 Å². The summed E-state index contributed by atoms with van der Waals surface area (Å²) in [5, 5.41) is 3.57. The van der Waals surface area contributed by atoms with Crippen LogP contribution in [-0.2, 0) is 5.41 Å². The molecule has 0 amide bonds. The predicted octanol–water partition coefficient (Wildman–Crippen LogP) is 3.75. The minimum absolute atomic E-state index is 0.134. The van der Waals surface area contributed by atoms with Crippen LogP contribution in [0, 0.1) is 0 Å². The van der Waals surface area contributed by atoms with Gasteiger partial charge in [0.25, 0.3) is 0 Å². The van der Waals surface area contributed by atoms with Gasteiger partial charge in [-0.25, -0.2) is 4.98 Å². The molecule has 0 atom stereocenters. The van der Waals surface area contributed by atoms with Gasteiger partial charge >= 0.3 is 0 Å². The molecule has 1 aromatic carbocycles. The number of nitrogens with zero attached hydrogens (tertiary/aromatic N) is 2. The number of rotatable bonds is 2. The third-order valence-electron chi connectivity index (χ3n) is 2.78. The topological polar surface area (TPSA) is 63.8 Å². The standard InChI is InChI=1S/C14H17ClN4/c1-14(2,3)9-4-6-10(7-5-9)18-12-11(15)8-17-13(16)19-12/h4-8H,1-3H3,(H3,16,17,18,19). The lowest BCUT2D eigenvalue weighted by Crippen LogP contribution is -2.10. The Labute approximate surface area is 118 Å². The van der Waals surface area contributed by atoms with Crippen molar-refractivity contribution in [3.05, 3.63) is 41.0 Å². The largest absolute Gasteiger partial charge is 0.368 e. The van der Waals surface area contributed by atoms with Crippen molar-refractivity contribution in [2.75, 3.05) is 11.1 Å². The number of nitrogen functional groups attached to an aromatic ring is 1. The van der Waals surface area contributed by atoms with E-state index in [0.29, 0.717) is 10.8 Å². The smallest absolute Gasteiger partial charge is 0.222 e. The molecule has 1 heterocycles. The molecule has 0 aliphatic rings. The number of halogens is 1. The van der Waals surface area contributed by atoms with Crippen molar-refractivity contribution in [2.24, 2.45) is 0 Å². The molecule has 0 saturated heterocycles. The Morgan fingerprint density at radius 1 is 1.16 bits per heavy atom. The molecule has 0 aliphatic heterocycles. The van der Waals surface area contributed by atoms with Crippen LogP contribution in [0.4, 0.5) is 17.5 Å². The molecule has 0 unspecified atom stereocenters. The Kier molecular flexibility index (Phi) is 3.62. The molecule has 0 aliphatic carbocycles. The van der Waals surface area contributed by atoms with Gasteiger partial charge in [-0.05, 0) is 23.1 Å². The van der Waals surface area contributed by atoms with Crippen molar-refractivity contribution in [1.29, 1.82) is 0 Å². The van der Waals surface area contributed by atoms with Crippen LogP contribution < -0.4 is 11.1 Å². The van der Waals surface area contributed by atoms with Gasteiger partial charge in [0, 0.05) is 5.69 Å². The molecule has 2 rings (SSSR count). The van der Waals surface area contributed by atoms with Gasteiger partial charge < -0.3 is 11.1 Å². The molecule has 4 nitrogen and oxygen atoms in total. The highest BCUT2D eigenvalue weighted by Gasteiger charge is 2.13. The van der Waals surface area contributed by atoms with Crippen molar-refractivity contribution in [2.45, 2.75) is 26.2 Å². The third kappa shape index (κ3) is 3.35. The van der Waals surface area contributed by atoms with Crippen LogP contribution in [0.1, 0.15) is 26.3 Å². The van der Waals surface area contributed by atoms with E-state index in [1.165, 1.54) is 11.8 Å². The zero-order valence-corrected chi connectivity index (χ0v) is 12.0. The SMILES string of the molecule is CC(C)(C)c1ccc(Nc2nc(N)ncc2Cl)cc1. The zero-order chi connectivity index (χ0) is 14.0. The molecule has 0 radical (unpaired) electrons. The van der Waals surface area contributed by atoms with E-state index in [1.54, 1.807) is 0 Å². The van der Waals surface area contributed by atoms with Crippen LogP contribution in [0.25, 0.3) is 0 Å². The normalized spacial score (nSPS) is 11.4. The van der Waals surface area contributed by atoms with Gasteiger partial charge in [0.05, 0.1) is 6.20 Å². The number of hydrogen-bond acceptors (Lipinski definition) is 4. The maximum atomic E-state index is 6.01. The molecule has 5 heteroatoms. The van der Waals surface area contributed by atoms with Crippen molar-refractivity contribution in [1.82, 2.24) is 9.97 Å². The second-order valence-corrected chi connectivity index (χ2v) is 5.78. The zero-order valence-electron chi connectivity index (χ0n) is 11.2. The van der Waals surface area contributed by atoms with Crippen LogP contribution in [-0.4, -0.2) is 9.97 Å². The predicted molar refractivity (Wildman–Crippen MR) is 79.9 cm³/mol. The number of nitrogens with one attached hydrogen (secondary N) is 1. The number of aromatic nitrogens is 2. The molecule has 3 N–H and O–H groups in total. The van der Waals surface area contributed by atoms with Gasteiger partial charge in [0.1, 0.15) is 5.02 Å². The van der Waals surface area contributed by atoms with E-state index in [4.69, 9.17) is 17.3 Å².